The lowest BCUT2D eigenvalue weighted by atomic mass is 9.94. The van der Waals surface area contributed by atoms with Gasteiger partial charge in [-0.25, -0.2) is 0 Å². The van der Waals surface area contributed by atoms with Crippen molar-refractivity contribution in [2.24, 2.45) is 0 Å². The molecular weight excluding hydrogens is 328 g/mol. The summed E-state index contributed by atoms with van der Waals surface area (Å²) in [4.78, 5) is 5.11. The van der Waals surface area contributed by atoms with Crippen molar-refractivity contribution in [3.05, 3.63) is 82.4 Å². The van der Waals surface area contributed by atoms with E-state index >= 15 is 0 Å². The van der Waals surface area contributed by atoms with E-state index < -0.39 is 0 Å². The first-order valence-electron chi connectivity index (χ1n) is 9.98. The molecule has 0 saturated heterocycles. The van der Waals surface area contributed by atoms with Crippen molar-refractivity contribution in [1.29, 1.82) is 0 Å². The topological polar surface area (TPSA) is 6.48 Å². The highest BCUT2D eigenvalue weighted by atomic mass is 15.4. The number of benzene rings is 3. The molecule has 1 heterocycles. The van der Waals surface area contributed by atoms with E-state index in [0.29, 0.717) is 12.2 Å². The fourth-order valence-corrected chi connectivity index (χ4v) is 4.56. The molecule has 2 heteroatoms. The predicted octanol–water partition coefficient (Wildman–Crippen LogP) is 5.81. The van der Waals surface area contributed by atoms with Crippen molar-refractivity contribution in [1.82, 2.24) is 9.80 Å². The molecule has 4 rings (SSSR count). The van der Waals surface area contributed by atoms with Gasteiger partial charge in [-0.15, -0.1) is 0 Å². The summed E-state index contributed by atoms with van der Waals surface area (Å²) in [6.07, 6.45) is 0.381. The highest BCUT2D eigenvalue weighted by molar-refractivity contribution is 5.87. The molecule has 2 unspecified atom stereocenters. The van der Waals surface area contributed by atoms with Crippen LogP contribution in [0.1, 0.15) is 47.7 Å². The van der Waals surface area contributed by atoms with E-state index in [1.807, 2.05) is 0 Å². The molecule has 0 radical (unpaired) electrons. The monoisotopic (exact) mass is 358 g/mol. The second kappa shape index (κ2) is 7.10. The SMILES string of the molecule is Cc1ccc2c(c1)CN(C(C)N(C)C(C)c1c(C)ccc3ccccc13)C2. The van der Waals surface area contributed by atoms with Crippen LogP contribution in [-0.2, 0) is 13.1 Å². The van der Waals surface area contributed by atoms with Crippen molar-refractivity contribution >= 4 is 10.8 Å². The highest BCUT2D eigenvalue weighted by Crippen LogP contribution is 2.33. The Kier molecular flexibility index (Phi) is 4.79. The maximum Gasteiger partial charge on any atom is 0.0602 e. The number of nitrogens with zero attached hydrogens (tertiary/aromatic N) is 2. The van der Waals surface area contributed by atoms with E-state index in [2.05, 4.69) is 99.1 Å². The van der Waals surface area contributed by atoms with Crippen LogP contribution in [0.3, 0.4) is 0 Å². The van der Waals surface area contributed by atoms with Crippen LogP contribution in [0.2, 0.25) is 0 Å². The van der Waals surface area contributed by atoms with Crippen molar-refractivity contribution in [2.75, 3.05) is 7.05 Å². The number of hydrogen-bond acceptors (Lipinski definition) is 2. The van der Waals surface area contributed by atoms with Gasteiger partial charge in [0.15, 0.2) is 0 Å². The first kappa shape index (κ1) is 18.2. The van der Waals surface area contributed by atoms with Crippen molar-refractivity contribution < 1.29 is 0 Å². The van der Waals surface area contributed by atoms with Gasteiger partial charge in [-0.05, 0) is 67.8 Å². The van der Waals surface area contributed by atoms with Crippen LogP contribution in [0.25, 0.3) is 10.8 Å². The zero-order valence-electron chi connectivity index (χ0n) is 17.2. The third-order valence-corrected chi connectivity index (χ3v) is 6.44. The number of rotatable bonds is 4. The molecule has 0 saturated carbocycles. The van der Waals surface area contributed by atoms with Crippen molar-refractivity contribution in [3.63, 3.8) is 0 Å². The fraction of sp³-hybridized carbons (Fsp3) is 0.360. The summed E-state index contributed by atoms with van der Waals surface area (Å²) in [6.45, 7) is 11.2. The number of aryl methyl sites for hydroxylation is 2. The first-order valence-corrected chi connectivity index (χ1v) is 9.98. The van der Waals surface area contributed by atoms with Crippen LogP contribution >= 0.6 is 0 Å². The largest absolute Gasteiger partial charge is 0.284 e. The van der Waals surface area contributed by atoms with E-state index in [1.54, 1.807) is 0 Å². The Hall–Kier alpha value is -2.16. The molecule has 0 spiro atoms. The molecule has 1 aliphatic rings. The van der Waals surface area contributed by atoms with Crippen LogP contribution in [0.5, 0.6) is 0 Å². The van der Waals surface area contributed by atoms with Gasteiger partial charge in [0.05, 0.1) is 6.17 Å². The van der Waals surface area contributed by atoms with E-state index in [0.717, 1.165) is 13.1 Å². The Labute approximate surface area is 163 Å². The summed E-state index contributed by atoms with van der Waals surface area (Å²) in [6, 6.07) is 20.5. The fourth-order valence-electron chi connectivity index (χ4n) is 4.56. The van der Waals surface area contributed by atoms with Crippen molar-refractivity contribution in [2.45, 2.75) is 53.0 Å². The molecular formula is C25H30N2. The molecule has 0 aliphatic carbocycles. The average molecular weight is 359 g/mol. The maximum absolute atomic E-state index is 2.58. The summed E-state index contributed by atoms with van der Waals surface area (Å²) in [5, 5.41) is 2.71. The van der Waals surface area contributed by atoms with E-state index in [4.69, 9.17) is 0 Å². The lowest BCUT2D eigenvalue weighted by Gasteiger charge is -2.37. The van der Waals surface area contributed by atoms with E-state index in [-0.39, 0.29) is 0 Å². The van der Waals surface area contributed by atoms with Gasteiger partial charge in [0.25, 0.3) is 0 Å². The van der Waals surface area contributed by atoms with Crippen LogP contribution < -0.4 is 0 Å². The third kappa shape index (κ3) is 3.28. The standard InChI is InChI=1S/C25H30N2/c1-17-10-12-22-15-27(16-23(22)14-17)20(4)26(5)19(3)25-18(2)11-13-21-8-6-7-9-24(21)25/h6-14,19-20H,15-16H2,1-5H3. The van der Waals surface area contributed by atoms with Gasteiger partial charge in [0.2, 0.25) is 0 Å². The number of hydrogen-bond donors (Lipinski definition) is 0. The van der Waals surface area contributed by atoms with Gasteiger partial charge in [-0.2, -0.15) is 0 Å². The molecule has 0 fully saturated rings. The van der Waals surface area contributed by atoms with Crippen LogP contribution in [0.15, 0.2) is 54.6 Å². The minimum atomic E-state index is 0.358. The minimum absolute atomic E-state index is 0.358. The molecule has 0 aromatic heterocycles. The molecule has 2 nitrogen and oxygen atoms in total. The Balaban J connectivity index is 1.60. The molecule has 27 heavy (non-hydrogen) atoms. The second-order valence-electron chi connectivity index (χ2n) is 8.17. The molecule has 0 amide bonds. The number of fused-ring (bicyclic) bond motifs is 2. The van der Waals surface area contributed by atoms with Crippen molar-refractivity contribution in [3.8, 4) is 0 Å². The smallest absolute Gasteiger partial charge is 0.0602 e. The van der Waals surface area contributed by atoms with Gasteiger partial charge in [-0.3, -0.25) is 9.80 Å². The predicted molar refractivity (Wildman–Crippen MR) is 115 cm³/mol. The average Bonchev–Trinajstić information content (AvgIpc) is 3.09. The zero-order chi connectivity index (χ0) is 19.1. The molecule has 0 N–H and O–H groups in total. The lowest BCUT2D eigenvalue weighted by Crippen LogP contribution is -2.43. The molecule has 2 atom stereocenters. The Morgan fingerprint density at radius 2 is 1.63 bits per heavy atom. The molecule has 140 valence electrons. The summed E-state index contributed by atoms with van der Waals surface area (Å²) >= 11 is 0. The summed E-state index contributed by atoms with van der Waals surface area (Å²) < 4.78 is 0. The molecule has 1 aliphatic heterocycles. The zero-order valence-corrected chi connectivity index (χ0v) is 17.2. The van der Waals surface area contributed by atoms with Gasteiger partial charge in [0.1, 0.15) is 0 Å². The second-order valence-corrected chi connectivity index (χ2v) is 8.17. The van der Waals surface area contributed by atoms with E-state index in [9.17, 15) is 0 Å². The Bertz CT molecular complexity index is 975. The van der Waals surface area contributed by atoms with Crippen LogP contribution in [-0.4, -0.2) is 23.0 Å². The maximum atomic E-state index is 2.58. The third-order valence-electron chi connectivity index (χ3n) is 6.44. The minimum Gasteiger partial charge on any atom is -0.284 e. The van der Waals surface area contributed by atoms with Gasteiger partial charge in [0, 0.05) is 19.1 Å². The van der Waals surface area contributed by atoms with Crippen LogP contribution in [0.4, 0.5) is 0 Å². The Morgan fingerprint density at radius 1 is 0.889 bits per heavy atom. The molecule has 0 bridgehead atoms. The summed E-state index contributed by atoms with van der Waals surface area (Å²) in [7, 11) is 2.27. The normalized spacial score (nSPS) is 16.7. The summed E-state index contributed by atoms with van der Waals surface area (Å²) in [5.74, 6) is 0. The highest BCUT2D eigenvalue weighted by Gasteiger charge is 2.28. The lowest BCUT2D eigenvalue weighted by molar-refractivity contribution is 0.0459. The van der Waals surface area contributed by atoms with Crippen LogP contribution in [0, 0.1) is 13.8 Å². The molecule has 3 aromatic rings. The Morgan fingerprint density at radius 3 is 2.44 bits per heavy atom. The van der Waals surface area contributed by atoms with Gasteiger partial charge in [-0.1, -0.05) is 60.2 Å². The quantitative estimate of drug-likeness (QED) is 0.580. The van der Waals surface area contributed by atoms with Gasteiger partial charge >= 0.3 is 0 Å². The van der Waals surface area contributed by atoms with E-state index in [1.165, 1.54) is 38.6 Å². The van der Waals surface area contributed by atoms with Gasteiger partial charge < -0.3 is 0 Å². The first-order chi connectivity index (χ1) is 13.0. The summed E-state index contributed by atoms with van der Waals surface area (Å²) in [5.41, 5.74) is 7.16. The molecule has 3 aromatic carbocycles.